The lowest BCUT2D eigenvalue weighted by Gasteiger charge is -2.35. The third kappa shape index (κ3) is 5.15. The first-order valence-electron chi connectivity index (χ1n) is 13.2. The van der Waals surface area contributed by atoms with Gasteiger partial charge in [0.15, 0.2) is 0 Å². The molecule has 0 N–H and O–H groups in total. The molecule has 0 saturated carbocycles. The van der Waals surface area contributed by atoms with Crippen molar-refractivity contribution in [3.05, 3.63) is 22.2 Å². The van der Waals surface area contributed by atoms with Gasteiger partial charge in [0.1, 0.15) is 0 Å². The van der Waals surface area contributed by atoms with E-state index in [1.165, 1.54) is 9.80 Å². The van der Waals surface area contributed by atoms with Crippen molar-refractivity contribution >= 4 is 46.8 Å². The fourth-order valence-corrected chi connectivity index (χ4v) is 6.88. The maximum atomic E-state index is 12.7. The van der Waals surface area contributed by atoms with Crippen LogP contribution >= 0.6 is 23.2 Å². The van der Waals surface area contributed by atoms with Gasteiger partial charge in [-0.3, -0.25) is 29.0 Å². The van der Waals surface area contributed by atoms with E-state index < -0.39 is 0 Å². The predicted octanol–water partition coefficient (Wildman–Crippen LogP) is 2.42. The number of fused-ring (bicyclic) bond motifs is 2. The van der Waals surface area contributed by atoms with Crippen LogP contribution in [-0.2, 0) is 19.2 Å². The first-order valence-corrected chi connectivity index (χ1v) is 13.9. The summed E-state index contributed by atoms with van der Waals surface area (Å²) < 4.78 is 0. The molecule has 3 heterocycles. The monoisotopic (exact) mass is 536 g/mol. The second kappa shape index (κ2) is 10.9. The van der Waals surface area contributed by atoms with E-state index in [2.05, 4.69) is 9.80 Å². The first-order chi connectivity index (χ1) is 17.3. The maximum absolute atomic E-state index is 12.7. The highest BCUT2D eigenvalue weighted by molar-refractivity contribution is 6.30. The summed E-state index contributed by atoms with van der Waals surface area (Å²) in [6.07, 6.45) is 7.41. The van der Waals surface area contributed by atoms with Gasteiger partial charge in [-0.25, -0.2) is 0 Å². The van der Waals surface area contributed by atoms with E-state index in [1.807, 2.05) is 12.2 Å². The van der Waals surface area contributed by atoms with Gasteiger partial charge in [0.2, 0.25) is 23.6 Å². The number of likely N-dealkylation sites (tertiary alicyclic amines) is 2. The Morgan fingerprint density at radius 3 is 1.33 bits per heavy atom. The fourth-order valence-electron chi connectivity index (χ4n) is 6.37. The zero-order chi connectivity index (χ0) is 25.4. The highest BCUT2D eigenvalue weighted by Gasteiger charge is 2.49. The van der Waals surface area contributed by atoms with Crippen molar-refractivity contribution < 1.29 is 19.2 Å². The molecule has 4 unspecified atom stereocenters. The number of hydrogen-bond donors (Lipinski definition) is 0. The van der Waals surface area contributed by atoms with Crippen LogP contribution in [0.15, 0.2) is 22.2 Å². The van der Waals surface area contributed by atoms with Crippen molar-refractivity contribution in [2.45, 2.75) is 38.5 Å². The average Bonchev–Trinajstić information content (AvgIpc) is 3.24. The van der Waals surface area contributed by atoms with Gasteiger partial charge in [0.05, 0.1) is 23.7 Å². The first kappa shape index (κ1) is 25.9. The fraction of sp³-hybridized carbons (Fsp3) is 0.692. The average molecular weight is 537 g/mol. The molecule has 0 aromatic carbocycles. The Morgan fingerprint density at radius 1 is 0.583 bits per heavy atom. The van der Waals surface area contributed by atoms with Gasteiger partial charge in [0, 0.05) is 49.3 Å². The number of carbonyl (C=O) groups is 4. The highest BCUT2D eigenvalue weighted by atomic mass is 35.5. The lowest BCUT2D eigenvalue weighted by Crippen LogP contribution is -2.47. The summed E-state index contributed by atoms with van der Waals surface area (Å²) in [5, 5.41) is 1.38. The number of amides is 4. The number of imide groups is 2. The van der Waals surface area contributed by atoms with Gasteiger partial charge in [0.25, 0.3) is 0 Å². The number of rotatable bonds is 8. The molecule has 5 aliphatic rings. The smallest absolute Gasteiger partial charge is 0.233 e. The standard InChI is InChI=1S/C26H34Cl2N4O4/c27-17-3-5-19-21(15-17)25(35)31(23(19)33)9-1-7-29-11-13-30(14-12-29)8-2-10-32-24(34)20-6-4-18(28)16-22(20)26(32)36/h3-4,19-22H,1-2,5-16H2. The molecule has 4 amide bonds. The number of piperazine rings is 1. The molecule has 36 heavy (non-hydrogen) atoms. The molecule has 0 aromatic rings. The molecule has 0 aromatic heterocycles. The minimum Gasteiger partial charge on any atom is -0.301 e. The third-order valence-electron chi connectivity index (χ3n) is 8.50. The summed E-state index contributed by atoms with van der Waals surface area (Å²) >= 11 is 12.2. The lowest BCUT2D eigenvalue weighted by atomic mass is 9.85. The molecule has 5 rings (SSSR count). The van der Waals surface area contributed by atoms with Crippen molar-refractivity contribution in [1.29, 1.82) is 0 Å². The number of allylic oxidation sites excluding steroid dienone is 4. The Balaban J connectivity index is 0.987. The molecular weight excluding hydrogens is 503 g/mol. The maximum Gasteiger partial charge on any atom is 0.233 e. The minimum absolute atomic E-state index is 0.0381. The van der Waals surface area contributed by atoms with Gasteiger partial charge in [-0.1, -0.05) is 35.4 Å². The van der Waals surface area contributed by atoms with Crippen molar-refractivity contribution in [2.24, 2.45) is 23.7 Å². The molecule has 0 radical (unpaired) electrons. The van der Waals surface area contributed by atoms with Gasteiger partial charge >= 0.3 is 0 Å². The predicted molar refractivity (Wildman–Crippen MR) is 136 cm³/mol. The van der Waals surface area contributed by atoms with Crippen LogP contribution in [0.25, 0.3) is 0 Å². The second-order valence-electron chi connectivity index (χ2n) is 10.7. The highest BCUT2D eigenvalue weighted by Crippen LogP contribution is 2.40. The second-order valence-corrected chi connectivity index (χ2v) is 11.6. The number of halogens is 2. The summed E-state index contributed by atoms with van der Waals surface area (Å²) in [5.74, 6) is -1.20. The normalized spacial score (nSPS) is 31.6. The van der Waals surface area contributed by atoms with Crippen LogP contribution in [0.2, 0.25) is 0 Å². The molecule has 10 heteroatoms. The van der Waals surface area contributed by atoms with Gasteiger partial charge < -0.3 is 9.80 Å². The molecule has 3 aliphatic heterocycles. The number of carbonyl (C=O) groups excluding carboxylic acids is 4. The zero-order valence-electron chi connectivity index (χ0n) is 20.5. The van der Waals surface area contributed by atoms with Crippen molar-refractivity contribution in [3.8, 4) is 0 Å². The largest absolute Gasteiger partial charge is 0.301 e. The number of nitrogens with zero attached hydrogens (tertiary/aromatic N) is 4. The van der Waals surface area contributed by atoms with Crippen LogP contribution in [0.5, 0.6) is 0 Å². The molecular formula is C26H34Cl2N4O4. The van der Waals surface area contributed by atoms with Crippen LogP contribution in [0.3, 0.4) is 0 Å². The van der Waals surface area contributed by atoms with Crippen molar-refractivity contribution in [3.63, 3.8) is 0 Å². The Bertz CT molecular complexity index is 912. The van der Waals surface area contributed by atoms with Crippen molar-refractivity contribution in [2.75, 3.05) is 52.4 Å². The summed E-state index contributed by atoms with van der Waals surface area (Å²) in [7, 11) is 0. The van der Waals surface area contributed by atoms with Gasteiger partial charge in [-0.15, -0.1) is 0 Å². The number of hydrogen-bond acceptors (Lipinski definition) is 6. The SMILES string of the molecule is O=C1C2CC=C(Cl)CC2C(=O)N1CCCN1CCN(CCCN2C(=O)C3CC=C(Cl)CC3C2=O)CC1. The van der Waals surface area contributed by atoms with Crippen LogP contribution in [0, 0.1) is 23.7 Å². The summed E-state index contributed by atoms with van der Waals surface area (Å²) in [6, 6.07) is 0. The molecule has 4 atom stereocenters. The zero-order valence-corrected chi connectivity index (χ0v) is 22.1. The van der Waals surface area contributed by atoms with E-state index in [1.54, 1.807) is 0 Å². The van der Waals surface area contributed by atoms with Gasteiger partial charge in [-0.2, -0.15) is 0 Å². The van der Waals surface area contributed by atoms with Crippen LogP contribution in [-0.4, -0.2) is 95.6 Å². The minimum atomic E-state index is -0.275. The van der Waals surface area contributed by atoms with Crippen LogP contribution in [0.1, 0.15) is 38.5 Å². The Kier molecular flexibility index (Phi) is 7.86. The Labute approximate surface area is 222 Å². The summed E-state index contributed by atoms with van der Waals surface area (Å²) in [6.45, 7) is 6.40. The third-order valence-corrected chi connectivity index (χ3v) is 9.11. The Hall–Kier alpha value is -1.74. The van der Waals surface area contributed by atoms with E-state index in [9.17, 15) is 19.2 Å². The molecule has 2 aliphatic carbocycles. The van der Waals surface area contributed by atoms with E-state index in [-0.39, 0.29) is 47.3 Å². The molecule has 3 fully saturated rings. The molecule has 3 saturated heterocycles. The lowest BCUT2D eigenvalue weighted by molar-refractivity contribution is -0.141. The van der Waals surface area contributed by atoms with E-state index in [4.69, 9.17) is 23.2 Å². The van der Waals surface area contributed by atoms with E-state index >= 15 is 0 Å². The van der Waals surface area contributed by atoms with Crippen molar-refractivity contribution in [1.82, 2.24) is 19.6 Å². The molecule has 8 nitrogen and oxygen atoms in total. The van der Waals surface area contributed by atoms with Crippen LogP contribution in [0.4, 0.5) is 0 Å². The molecule has 196 valence electrons. The van der Waals surface area contributed by atoms with Gasteiger partial charge in [-0.05, 0) is 51.6 Å². The quantitative estimate of drug-likeness (QED) is 0.443. The molecule has 0 spiro atoms. The van der Waals surface area contributed by atoms with E-state index in [0.717, 1.165) is 52.1 Å². The van der Waals surface area contributed by atoms with Crippen LogP contribution < -0.4 is 0 Å². The summed E-state index contributed by atoms with van der Waals surface area (Å²) in [5.41, 5.74) is 0. The summed E-state index contributed by atoms with van der Waals surface area (Å²) in [4.78, 5) is 58.4. The Morgan fingerprint density at radius 2 is 0.944 bits per heavy atom. The molecule has 0 bridgehead atoms. The van der Waals surface area contributed by atoms with E-state index in [0.29, 0.717) is 48.8 Å². The topological polar surface area (TPSA) is 81.2 Å².